The van der Waals surface area contributed by atoms with Gasteiger partial charge in [0.2, 0.25) is 5.91 Å². The maximum absolute atomic E-state index is 12.7. The minimum atomic E-state index is -0.467. The minimum Gasteiger partial charge on any atom is -0.462 e. The summed E-state index contributed by atoms with van der Waals surface area (Å²) in [4.78, 5) is 45.6. The summed E-state index contributed by atoms with van der Waals surface area (Å²) in [6, 6.07) is 13.4. The van der Waals surface area contributed by atoms with E-state index in [1.165, 1.54) is 4.40 Å². The van der Waals surface area contributed by atoms with Crippen LogP contribution in [-0.2, 0) is 16.1 Å². The summed E-state index contributed by atoms with van der Waals surface area (Å²) in [5.41, 5.74) is 2.01. The molecule has 1 amide bonds. The SMILES string of the molecule is CCOC(=O)c1ccc(NC(=O)Cn2nc3cc(-c4ccccn4)nc(C)n3c2=O)cc1. The number of pyridine rings is 1. The normalized spacial score (nSPS) is 10.8. The van der Waals surface area contributed by atoms with Crippen molar-refractivity contribution in [2.24, 2.45) is 0 Å². The van der Waals surface area contributed by atoms with E-state index in [9.17, 15) is 14.4 Å². The van der Waals surface area contributed by atoms with Gasteiger partial charge in [0.05, 0.1) is 23.6 Å². The zero-order valence-electron chi connectivity index (χ0n) is 17.5. The van der Waals surface area contributed by atoms with Gasteiger partial charge in [-0.25, -0.2) is 23.7 Å². The number of ether oxygens (including phenoxy) is 1. The maximum atomic E-state index is 12.7. The molecule has 1 aromatic carbocycles. The molecule has 3 heterocycles. The van der Waals surface area contributed by atoms with E-state index in [2.05, 4.69) is 20.4 Å². The molecule has 4 aromatic rings. The van der Waals surface area contributed by atoms with Gasteiger partial charge in [-0.3, -0.25) is 9.78 Å². The van der Waals surface area contributed by atoms with Crippen molar-refractivity contribution in [3.63, 3.8) is 0 Å². The Morgan fingerprint density at radius 2 is 1.88 bits per heavy atom. The van der Waals surface area contributed by atoms with Gasteiger partial charge in [-0.15, -0.1) is 5.10 Å². The summed E-state index contributed by atoms with van der Waals surface area (Å²) in [6.45, 7) is 3.42. The Morgan fingerprint density at radius 1 is 1.09 bits per heavy atom. The number of benzene rings is 1. The second-order valence-electron chi connectivity index (χ2n) is 6.88. The van der Waals surface area contributed by atoms with Crippen LogP contribution in [0.15, 0.2) is 59.5 Å². The smallest absolute Gasteiger partial charge is 0.352 e. The molecule has 0 radical (unpaired) electrons. The first-order chi connectivity index (χ1) is 15.5. The molecular weight excluding hydrogens is 412 g/mol. The maximum Gasteiger partial charge on any atom is 0.352 e. The first-order valence-corrected chi connectivity index (χ1v) is 9.92. The molecular formula is C22H20N6O4. The number of carbonyl (C=O) groups excluding carboxylic acids is 2. The van der Waals surface area contributed by atoms with Gasteiger partial charge in [0, 0.05) is 18.0 Å². The highest BCUT2D eigenvalue weighted by Gasteiger charge is 2.15. The summed E-state index contributed by atoms with van der Waals surface area (Å²) in [6.07, 6.45) is 1.66. The molecule has 0 saturated heterocycles. The average Bonchev–Trinajstić information content (AvgIpc) is 3.10. The van der Waals surface area contributed by atoms with Crippen LogP contribution in [0.25, 0.3) is 17.0 Å². The third-order valence-electron chi connectivity index (χ3n) is 4.64. The molecule has 0 fully saturated rings. The predicted molar refractivity (Wildman–Crippen MR) is 116 cm³/mol. The quantitative estimate of drug-likeness (QED) is 0.463. The Morgan fingerprint density at radius 3 is 2.56 bits per heavy atom. The lowest BCUT2D eigenvalue weighted by atomic mass is 10.2. The molecule has 162 valence electrons. The fourth-order valence-electron chi connectivity index (χ4n) is 3.19. The minimum absolute atomic E-state index is 0.279. The van der Waals surface area contributed by atoms with Gasteiger partial charge in [0.15, 0.2) is 5.65 Å². The van der Waals surface area contributed by atoms with Crippen molar-refractivity contribution >= 4 is 23.2 Å². The summed E-state index contributed by atoms with van der Waals surface area (Å²) in [5, 5.41) is 6.96. The van der Waals surface area contributed by atoms with E-state index < -0.39 is 17.6 Å². The Bertz CT molecular complexity index is 1340. The molecule has 0 unspecified atom stereocenters. The van der Waals surface area contributed by atoms with Crippen LogP contribution >= 0.6 is 0 Å². The van der Waals surface area contributed by atoms with E-state index in [0.29, 0.717) is 34.1 Å². The van der Waals surface area contributed by atoms with E-state index in [-0.39, 0.29) is 13.2 Å². The third-order valence-corrected chi connectivity index (χ3v) is 4.64. The lowest BCUT2D eigenvalue weighted by molar-refractivity contribution is -0.117. The number of hydrogen-bond acceptors (Lipinski definition) is 7. The lowest BCUT2D eigenvalue weighted by Gasteiger charge is -2.06. The average molecular weight is 432 g/mol. The van der Waals surface area contributed by atoms with Crippen molar-refractivity contribution in [2.45, 2.75) is 20.4 Å². The first-order valence-electron chi connectivity index (χ1n) is 9.92. The Kier molecular flexibility index (Phi) is 5.75. The Hall–Kier alpha value is -4.34. The van der Waals surface area contributed by atoms with Gasteiger partial charge in [-0.05, 0) is 50.2 Å². The van der Waals surface area contributed by atoms with Crippen molar-refractivity contribution in [3.8, 4) is 11.4 Å². The molecule has 0 bridgehead atoms. The Balaban J connectivity index is 1.53. The van der Waals surface area contributed by atoms with E-state index in [4.69, 9.17) is 4.74 Å². The molecule has 0 saturated carbocycles. The fraction of sp³-hybridized carbons (Fsp3) is 0.182. The fourth-order valence-corrected chi connectivity index (χ4v) is 3.19. The van der Waals surface area contributed by atoms with Gasteiger partial charge >= 0.3 is 11.7 Å². The number of esters is 1. The van der Waals surface area contributed by atoms with Crippen molar-refractivity contribution in [1.82, 2.24) is 24.1 Å². The molecule has 0 aliphatic carbocycles. The molecule has 0 aliphatic rings. The third kappa shape index (κ3) is 4.24. The number of rotatable bonds is 6. The van der Waals surface area contributed by atoms with Crippen molar-refractivity contribution in [1.29, 1.82) is 0 Å². The van der Waals surface area contributed by atoms with Gasteiger partial charge in [0.25, 0.3) is 0 Å². The number of hydrogen-bond donors (Lipinski definition) is 1. The molecule has 10 heteroatoms. The lowest BCUT2D eigenvalue weighted by Crippen LogP contribution is -2.28. The number of carbonyl (C=O) groups is 2. The molecule has 1 N–H and O–H groups in total. The highest BCUT2D eigenvalue weighted by Crippen LogP contribution is 2.16. The Labute approximate surface area is 182 Å². The predicted octanol–water partition coefficient (Wildman–Crippen LogP) is 2.08. The summed E-state index contributed by atoms with van der Waals surface area (Å²) in [7, 11) is 0. The number of aromatic nitrogens is 5. The van der Waals surface area contributed by atoms with Crippen LogP contribution in [0.5, 0.6) is 0 Å². The van der Waals surface area contributed by atoms with E-state index >= 15 is 0 Å². The standard InChI is InChI=1S/C22H20N6O4/c1-3-32-21(30)15-7-9-16(10-8-15)25-20(29)13-27-22(31)28-14(2)24-18(12-19(28)26-27)17-6-4-5-11-23-17/h4-12H,3,13H2,1-2H3,(H,25,29). The summed E-state index contributed by atoms with van der Waals surface area (Å²) < 4.78 is 7.35. The number of nitrogens with zero attached hydrogens (tertiary/aromatic N) is 5. The van der Waals surface area contributed by atoms with Crippen LogP contribution in [0.1, 0.15) is 23.1 Å². The van der Waals surface area contributed by atoms with Gasteiger partial charge in [-0.2, -0.15) is 0 Å². The first kappa shape index (κ1) is 20.9. The molecule has 32 heavy (non-hydrogen) atoms. The van der Waals surface area contributed by atoms with E-state index in [1.54, 1.807) is 56.4 Å². The second kappa shape index (κ2) is 8.80. The zero-order valence-corrected chi connectivity index (χ0v) is 17.5. The number of amides is 1. The van der Waals surface area contributed by atoms with Crippen LogP contribution in [0, 0.1) is 6.92 Å². The van der Waals surface area contributed by atoms with Gasteiger partial charge in [0.1, 0.15) is 12.4 Å². The molecule has 0 atom stereocenters. The number of fused-ring (bicyclic) bond motifs is 1. The molecule has 10 nitrogen and oxygen atoms in total. The number of nitrogens with one attached hydrogen (secondary N) is 1. The zero-order chi connectivity index (χ0) is 22.7. The van der Waals surface area contributed by atoms with Crippen molar-refractivity contribution in [2.75, 3.05) is 11.9 Å². The number of aryl methyl sites for hydroxylation is 1. The highest BCUT2D eigenvalue weighted by atomic mass is 16.5. The van der Waals surface area contributed by atoms with Crippen LogP contribution in [-0.4, -0.2) is 42.6 Å². The van der Waals surface area contributed by atoms with Crippen LogP contribution in [0.4, 0.5) is 5.69 Å². The van der Waals surface area contributed by atoms with Crippen molar-refractivity contribution in [3.05, 3.63) is 76.6 Å². The van der Waals surface area contributed by atoms with E-state index in [0.717, 1.165) is 4.68 Å². The van der Waals surface area contributed by atoms with Crippen LogP contribution in [0.3, 0.4) is 0 Å². The molecule has 3 aromatic heterocycles. The topological polar surface area (TPSA) is 120 Å². The summed E-state index contributed by atoms with van der Waals surface area (Å²) >= 11 is 0. The largest absolute Gasteiger partial charge is 0.462 e. The van der Waals surface area contributed by atoms with Gasteiger partial charge < -0.3 is 10.1 Å². The molecule has 4 rings (SSSR count). The monoisotopic (exact) mass is 432 g/mol. The highest BCUT2D eigenvalue weighted by molar-refractivity contribution is 5.93. The van der Waals surface area contributed by atoms with E-state index in [1.807, 2.05) is 12.1 Å². The van der Waals surface area contributed by atoms with Crippen LogP contribution in [0.2, 0.25) is 0 Å². The molecule has 0 spiro atoms. The van der Waals surface area contributed by atoms with Crippen LogP contribution < -0.4 is 11.0 Å². The van der Waals surface area contributed by atoms with Crippen molar-refractivity contribution < 1.29 is 14.3 Å². The molecule has 0 aliphatic heterocycles. The summed E-state index contributed by atoms with van der Waals surface area (Å²) in [5.74, 6) is -0.431. The van der Waals surface area contributed by atoms with Gasteiger partial charge in [-0.1, -0.05) is 6.07 Å². The number of anilines is 1. The second-order valence-corrected chi connectivity index (χ2v) is 6.88.